The van der Waals surface area contributed by atoms with Crippen LogP contribution in [-0.4, -0.2) is 15.3 Å². The largest absolute Gasteiger partial charge is 0.390 e. The molecule has 1 aromatic rings. The fourth-order valence-electron chi connectivity index (χ4n) is 2.53. The predicted molar refractivity (Wildman–Crippen MR) is 71.2 cm³/mol. The third-order valence-electron chi connectivity index (χ3n) is 3.91. The Morgan fingerprint density at radius 1 is 1.35 bits per heavy atom. The minimum absolute atomic E-state index is 0.319. The number of aliphatic hydroxyl groups is 1. The van der Waals surface area contributed by atoms with E-state index in [0.717, 1.165) is 32.2 Å². The van der Waals surface area contributed by atoms with Crippen molar-refractivity contribution >= 4 is 0 Å². The zero-order chi connectivity index (χ0) is 12.6. The van der Waals surface area contributed by atoms with E-state index in [1.807, 2.05) is 0 Å². The maximum Gasteiger partial charge on any atom is 0.0653 e. The third kappa shape index (κ3) is 2.92. The van der Waals surface area contributed by atoms with Gasteiger partial charge in [-0.2, -0.15) is 0 Å². The van der Waals surface area contributed by atoms with Gasteiger partial charge >= 0.3 is 0 Å². The van der Waals surface area contributed by atoms with Crippen molar-refractivity contribution in [2.45, 2.75) is 65.5 Å². The van der Waals surface area contributed by atoms with E-state index in [9.17, 15) is 5.11 Å². The molecule has 0 spiro atoms. The fraction of sp³-hybridized carbons (Fsp3) is 0.733. The monoisotopic (exact) mass is 235 g/mol. The maximum atomic E-state index is 9.90. The molecule has 0 saturated heterocycles. The summed E-state index contributed by atoms with van der Waals surface area (Å²) in [5, 5.41) is 9.90. The number of nitrogens with zero attached hydrogens (tertiary/aromatic N) is 1. The Morgan fingerprint density at radius 3 is 2.53 bits per heavy atom. The highest BCUT2D eigenvalue weighted by Crippen LogP contribution is 2.39. The van der Waals surface area contributed by atoms with Crippen LogP contribution in [0, 0.1) is 19.8 Å². The van der Waals surface area contributed by atoms with E-state index >= 15 is 0 Å². The molecule has 0 radical (unpaired) electrons. The smallest absolute Gasteiger partial charge is 0.0653 e. The minimum atomic E-state index is -0.319. The number of hydrogen-bond donors (Lipinski definition) is 1. The molecule has 2 nitrogen and oxygen atoms in total. The van der Waals surface area contributed by atoms with Gasteiger partial charge in [0.15, 0.2) is 0 Å². The van der Waals surface area contributed by atoms with Crippen LogP contribution in [0.5, 0.6) is 0 Å². The molecule has 0 unspecified atom stereocenters. The molecule has 1 saturated carbocycles. The van der Waals surface area contributed by atoms with Gasteiger partial charge in [0.25, 0.3) is 0 Å². The zero-order valence-electron chi connectivity index (χ0n) is 11.6. The first-order chi connectivity index (χ1) is 7.91. The van der Waals surface area contributed by atoms with E-state index in [1.54, 1.807) is 0 Å². The van der Waals surface area contributed by atoms with Crippen LogP contribution in [0.4, 0.5) is 0 Å². The molecule has 1 aromatic heterocycles. The SMILES string of the molecule is Cc1cc(CCC2(O)CC2)c(C)n1CC(C)C. The molecule has 0 atom stereocenters. The van der Waals surface area contributed by atoms with Crippen molar-refractivity contribution in [3.05, 3.63) is 23.0 Å². The van der Waals surface area contributed by atoms with E-state index in [4.69, 9.17) is 0 Å². The van der Waals surface area contributed by atoms with Gasteiger partial charge in [0.1, 0.15) is 0 Å². The first kappa shape index (κ1) is 12.7. The molecular formula is C15H25NO. The second-order valence-electron chi connectivity index (χ2n) is 6.13. The van der Waals surface area contributed by atoms with Gasteiger partial charge in [-0.05, 0) is 57.1 Å². The molecule has 0 amide bonds. The summed E-state index contributed by atoms with van der Waals surface area (Å²) in [7, 11) is 0. The van der Waals surface area contributed by atoms with Crippen molar-refractivity contribution in [2.24, 2.45) is 5.92 Å². The Kier molecular flexibility index (Phi) is 3.35. The number of aryl methyl sites for hydroxylation is 2. The Labute approximate surface area is 105 Å². The lowest BCUT2D eigenvalue weighted by atomic mass is 10.1. The minimum Gasteiger partial charge on any atom is -0.390 e. The van der Waals surface area contributed by atoms with Crippen molar-refractivity contribution < 1.29 is 5.11 Å². The number of hydrogen-bond acceptors (Lipinski definition) is 1. The lowest BCUT2D eigenvalue weighted by Gasteiger charge is -2.13. The van der Waals surface area contributed by atoms with Gasteiger partial charge in [-0.1, -0.05) is 13.8 Å². The molecule has 0 aliphatic heterocycles. The third-order valence-corrected chi connectivity index (χ3v) is 3.91. The van der Waals surface area contributed by atoms with Crippen molar-refractivity contribution in [1.29, 1.82) is 0 Å². The molecule has 17 heavy (non-hydrogen) atoms. The molecule has 1 aliphatic rings. The van der Waals surface area contributed by atoms with Gasteiger partial charge < -0.3 is 9.67 Å². The zero-order valence-corrected chi connectivity index (χ0v) is 11.6. The van der Waals surface area contributed by atoms with Crippen molar-refractivity contribution in [3.63, 3.8) is 0 Å². The first-order valence-electron chi connectivity index (χ1n) is 6.79. The Morgan fingerprint density at radius 2 is 2.00 bits per heavy atom. The Hall–Kier alpha value is -0.760. The van der Waals surface area contributed by atoms with Gasteiger partial charge in [0, 0.05) is 17.9 Å². The second-order valence-corrected chi connectivity index (χ2v) is 6.13. The highest BCUT2D eigenvalue weighted by atomic mass is 16.3. The number of aromatic nitrogens is 1. The summed E-state index contributed by atoms with van der Waals surface area (Å²) >= 11 is 0. The molecule has 1 N–H and O–H groups in total. The van der Waals surface area contributed by atoms with Crippen LogP contribution in [0.2, 0.25) is 0 Å². The van der Waals surface area contributed by atoms with Crippen molar-refractivity contribution in [1.82, 2.24) is 4.57 Å². The summed E-state index contributed by atoms with van der Waals surface area (Å²) in [6, 6.07) is 2.30. The van der Waals surface area contributed by atoms with Crippen LogP contribution in [0.1, 0.15) is 50.1 Å². The molecule has 96 valence electrons. The fourth-order valence-corrected chi connectivity index (χ4v) is 2.53. The quantitative estimate of drug-likeness (QED) is 0.833. The lowest BCUT2D eigenvalue weighted by molar-refractivity contribution is 0.140. The van der Waals surface area contributed by atoms with Crippen LogP contribution in [0.15, 0.2) is 6.07 Å². The summed E-state index contributed by atoms with van der Waals surface area (Å²) < 4.78 is 2.41. The van der Waals surface area contributed by atoms with Gasteiger partial charge in [-0.15, -0.1) is 0 Å². The van der Waals surface area contributed by atoms with Crippen molar-refractivity contribution in [3.8, 4) is 0 Å². The van der Waals surface area contributed by atoms with Gasteiger partial charge in [-0.3, -0.25) is 0 Å². The number of rotatable bonds is 5. The summed E-state index contributed by atoms with van der Waals surface area (Å²) in [5.41, 5.74) is 3.85. The molecule has 2 rings (SSSR count). The predicted octanol–water partition coefficient (Wildman–Crippen LogP) is 3.22. The van der Waals surface area contributed by atoms with Crippen LogP contribution in [0.25, 0.3) is 0 Å². The Bertz CT molecular complexity index is 399. The molecule has 0 bridgehead atoms. The van der Waals surface area contributed by atoms with Crippen LogP contribution >= 0.6 is 0 Å². The topological polar surface area (TPSA) is 25.2 Å². The van der Waals surface area contributed by atoms with Crippen molar-refractivity contribution in [2.75, 3.05) is 0 Å². The molecule has 1 fully saturated rings. The molecule has 1 aliphatic carbocycles. The average Bonchev–Trinajstić information content (AvgIpc) is 2.92. The van der Waals surface area contributed by atoms with E-state index < -0.39 is 0 Å². The van der Waals surface area contributed by atoms with Gasteiger partial charge in [-0.25, -0.2) is 0 Å². The van der Waals surface area contributed by atoms with Gasteiger partial charge in [0.05, 0.1) is 5.60 Å². The molecule has 2 heteroatoms. The Balaban J connectivity index is 2.07. The van der Waals surface area contributed by atoms with Gasteiger partial charge in [0.2, 0.25) is 0 Å². The highest BCUT2D eigenvalue weighted by Gasteiger charge is 2.39. The maximum absolute atomic E-state index is 9.90. The van der Waals surface area contributed by atoms with Crippen LogP contribution in [-0.2, 0) is 13.0 Å². The standard InChI is InChI=1S/C15H25NO/c1-11(2)10-16-12(3)9-14(13(16)4)5-6-15(17)7-8-15/h9,11,17H,5-8,10H2,1-4H3. The summed E-state index contributed by atoms with van der Waals surface area (Å²) in [6.45, 7) is 10.0. The van der Waals surface area contributed by atoms with E-state index in [1.165, 1.54) is 17.0 Å². The van der Waals surface area contributed by atoms with E-state index in [2.05, 4.69) is 38.3 Å². The van der Waals surface area contributed by atoms with E-state index in [-0.39, 0.29) is 5.60 Å². The molecule has 0 aromatic carbocycles. The normalized spacial score (nSPS) is 17.8. The molecule has 1 heterocycles. The second kappa shape index (κ2) is 4.49. The van der Waals surface area contributed by atoms with Crippen LogP contribution in [0.3, 0.4) is 0 Å². The van der Waals surface area contributed by atoms with E-state index in [0.29, 0.717) is 5.92 Å². The summed E-state index contributed by atoms with van der Waals surface area (Å²) in [6.07, 6.45) is 3.95. The summed E-state index contributed by atoms with van der Waals surface area (Å²) in [4.78, 5) is 0. The first-order valence-corrected chi connectivity index (χ1v) is 6.79. The van der Waals surface area contributed by atoms with Crippen LogP contribution < -0.4 is 0 Å². The average molecular weight is 235 g/mol. The summed E-state index contributed by atoms with van der Waals surface area (Å²) in [5.74, 6) is 0.681. The highest BCUT2D eigenvalue weighted by molar-refractivity contribution is 5.27. The molecular weight excluding hydrogens is 210 g/mol. The lowest BCUT2D eigenvalue weighted by Crippen LogP contribution is -2.10.